The lowest BCUT2D eigenvalue weighted by Crippen LogP contribution is -2.11. The van der Waals surface area contributed by atoms with Crippen molar-refractivity contribution in [1.29, 1.82) is 0 Å². The van der Waals surface area contributed by atoms with Gasteiger partial charge in [0.1, 0.15) is 11.5 Å². The summed E-state index contributed by atoms with van der Waals surface area (Å²) in [4.78, 5) is 12.5. The molecule has 0 spiro atoms. The molecule has 0 aliphatic heterocycles. The summed E-state index contributed by atoms with van der Waals surface area (Å²) < 4.78 is 11.1. The van der Waals surface area contributed by atoms with Crippen molar-refractivity contribution >= 4 is 12.0 Å². The van der Waals surface area contributed by atoms with Gasteiger partial charge in [-0.2, -0.15) is 0 Å². The van der Waals surface area contributed by atoms with Crippen LogP contribution >= 0.6 is 0 Å². The summed E-state index contributed by atoms with van der Waals surface area (Å²) in [6, 6.07) is 10.6. The highest BCUT2D eigenvalue weighted by Gasteiger charge is 2.20. The van der Waals surface area contributed by atoms with E-state index in [4.69, 9.17) is 9.47 Å². The van der Waals surface area contributed by atoms with Crippen molar-refractivity contribution in [2.45, 2.75) is 19.1 Å². The molecule has 0 saturated carbocycles. The van der Waals surface area contributed by atoms with Crippen LogP contribution in [0.15, 0.2) is 54.6 Å². The van der Waals surface area contributed by atoms with Gasteiger partial charge in [0.25, 0.3) is 0 Å². The van der Waals surface area contributed by atoms with Gasteiger partial charge in [0.15, 0.2) is 23.0 Å². The predicted molar refractivity (Wildman–Crippen MR) is 114 cm³/mol. The number of allylic oxidation sites excluding steroid dienone is 1. The number of fused-ring (bicyclic) bond motifs is 1. The molecule has 8 nitrogen and oxygen atoms in total. The maximum Gasteiger partial charge on any atom is 0.343 e. The second-order valence-corrected chi connectivity index (χ2v) is 7.25. The lowest BCUT2D eigenvalue weighted by molar-refractivity contribution is -0.0199. The third-order valence-corrected chi connectivity index (χ3v) is 5.01. The van der Waals surface area contributed by atoms with Crippen molar-refractivity contribution < 1.29 is 39.8 Å². The number of benzene rings is 3. The Kier molecular flexibility index (Phi) is 5.61. The van der Waals surface area contributed by atoms with Gasteiger partial charge in [-0.1, -0.05) is 12.2 Å². The highest BCUT2D eigenvalue weighted by Crippen LogP contribution is 2.37. The summed E-state index contributed by atoms with van der Waals surface area (Å²) in [6.45, 7) is 0. The van der Waals surface area contributed by atoms with E-state index in [0.29, 0.717) is 6.42 Å². The fourth-order valence-corrected chi connectivity index (χ4v) is 3.35. The van der Waals surface area contributed by atoms with Crippen molar-refractivity contribution in [3.8, 4) is 34.5 Å². The van der Waals surface area contributed by atoms with Gasteiger partial charge in [0.2, 0.25) is 6.29 Å². The highest BCUT2D eigenvalue weighted by atomic mass is 16.6. The molecular formula is C24H20O8. The minimum absolute atomic E-state index is 0.0417. The van der Waals surface area contributed by atoms with Crippen LogP contribution in [-0.2, 0) is 6.42 Å². The quantitative estimate of drug-likeness (QED) is 0.177. The van der Waals surface area contributed by atoms with Crippen LogP contribution in [0, 0.1) is 0 Å². The summed E-state index contributed by atoms with van der Waals surface area (Å²) in [6.07, 6.45) is 3.80. The number of aromatic hydroxyl groups is 4. The number of aliphatic hydroxyl groups is 1. The lowest BCUT2D eigenvalue weighted by Gasteiger charge is -2.20. The van der Waals surface area contributed by atoms with Crippen molar-refractivity contribution in [2.24, 2.45) is 0 Å². The molecule has 5 N–H and O–H groups in total. The molecule has 0 fully saturated rings. The minimum Gasteiger partial charge on any atom is -0.504 e. The van der Waals surface area contributed by atoms with E-state index in [1.807, 2.05) is 12.2 Å². The largest absolute Gasteiger partial charge is 0.504 e. The van der Waals surface area contributed by atoms with Gasteiger partial charge in [0, 0.05) is 17.2 Å². The van der Waals surface area contributed by atoms with E-state index in [0.717, 1.165) is 23.6 Å². The number of rotatable bonds is 5. The zero-order valence-electron chi connectivity index (χ0n) is 16.7. The van der Waals surface area contributed by atoms with Gasteiger partial charge in [-0.05, 0) is 60.9 Å². The molecule has 3 aromatic rings. The van der Waals surface area contributed by atoms with Crippen LogP contribution < -0.4 is 9.47 Å². The molecule has 3 aromatic carbocycles. The fourth-order valence-electron chi connectivity index (χ4n) is 3.35. The maximum absolute atomic E-state index is 12.5. The minimum atomic E-state index is -1.46. The van der Waals surface area contributed by atoms with Crippen LogP contribution in [0.5, 0.6) is 34.5 Å². The van der Waals surface area contributed by atoms with Crippen LogP contribution in [0.25, 0.3) is 6.08 Å². The summed E-state index contributed by atoms with van der Waals surface area (Å²) in [5, 5.41) is 48.7. The Morgan fingerprint density at radius 3 is 2.31 bits per heavy atom. The molecule has 1 aliphatic rings. The highest BCUT2D eigenvalue weighted by molar-refractivity contribution is 5.92. The molecule has 32 heavy (non-hydrogen) atoms. The number of ether oxygens (including phenoxy) is 2. The molecular weight excluding hydrogens is 416 g/mol. The molecule has 1 unspecified atom stereocenters. The van der Waals surface area contributed by atoms with Gasteiger partial charge in [-0.25, -0.2) is 4.79 Å². The first-order chi connectivity index (χ1) is 15.3. The fraction of sp³-hybridized carbons (Fsp3) is 0.125. The van der Waals surface area contributed by atoms with E-state index < -0.39 is 23.8 Å². The first-order valence-corrected chi connectivity index (χ1v) is 9.76. The Morgan fingerprint density at radius 2 is 1.59 bits per heavy atom. The molecule has 1 atom stereocenters. The number of aryl methyl sites for hydroxylation is 1. The standard InChI is InChI=1S/C24H20O8/c25-18-7-5-14(10-20(18)27)23(29)31-16-9-13-3-1-2-4-17(13)22(12-16)32-24(30)15-6-8-19(26)21(28)11-15/h2,4-12,24-28,30H,1,3H2. The second kappa shape index (κ2) is 8.52. The Hall–Kier alpha value is -4.17. The number of hydrogen-bond donors (Lipinski definition) is 5. The second-order valence-electron chi connectivity index (χ2n) is 7.25. The van der Waals surface area contributed by atoms with E-state index in [1.165, 1.54) is 36.4 Å². The van der Waals surface area contributed by atoms with E-state index in [9.17, 15) is 30.3 Å². The first kappa shape index (κ1) is 21.1. The summed E-state index contributed by atoms with van der Waals surface area (Å²) in [5.41, 5.74) is 1.83. The van der Waals surface area contributed by atoms with E-state index in [2.05, 4.69) is 0 Å². The molecule has 0 heterocycles. The molecule has 4 rings (SSSR count). The number of phenolic OH excluding ortho intramolecular Hbond substituents is 4. The van der Waals surface area contributed by atoms with Gasteiger partial charge in [-0.15, -0.1) is 0 Å². The third kappa shape index (κ3) is 4.30. The van der Waals surface area contributed by atoms with E-state index >= 15 is 0 Å². The number of aliphatic hydroxyl groups excluding tert-OH is 1. The smallest absolute Gasteiger partial charge is 0.343 e. The maximum atomic E-state index is 12.5. The summed E-state index contributed by atoms with van der Waals surface area (Å²) in [5.74, 6) is -1.84. The SMILES string of the molecule is O=C(Oc1cc2c(c(OC(O)c3ccc(O)c(O)c3)c1)C=CCC2)c1ccc(O)c(O)c1. The third-order valence-electron chi connectivity index (χ3n) is 5.01. The normalized spacial score (nSPS) is 13.3. The monoisotopic (exact) mass is 436 g/mol. The molecule has 0 saturated heterocycles. The Balaban J connectivity index is 1.63. The van der Waals surface area contributed by atoms with Crippen LogP contribution in [0.2, 0.25) is 0 Å². The average molecular weight is 436 g/mol. The average Bonchev–Trinajstić information content (AvgIpc) is 2.77. The van der Waals surface area contributed by atoms with Gasteiger partial charge in [0.05, 0.1) is 5.56 Å². The van der Waals surface area contributed by atoms with Crippen molar-refractivity contribution in [1.82, 2.24) is 0 Å². The predicted octanol–water partition coefficient (Wildman–Crippen LogP) is 3.76. The Morgan fingerprint density at radius 1 is 0.875 bits per heavy atom. The molecule has 1 aliphatic carbocycles. The number of esters is 1. The van der Waals surface area contributed by atoms with E-state index in [1.54, 1.807) is 6.07 Å². The molecule has 8 heteroatoms. The molecule has 164 valence electrons. The van der Waals surface area contributed by atoms with Crippen molar-refractivity contribution in [3.05, 3.63) is 76.9 Å². The zero-order chi connectivity index (χ0) is 22.8. The molecule has 0 aromatic heterocycles. The molecule has 0 radical (unpaired) electrons. The van der Waals surface area contributed by atoms with Gasteiger partial charge in [-0.3, -0.25) is 0 Å². The van der Waals surface area contributed by atoms with E-state index in [-0.39, 0.29) is 34.1 Å². The Bertz CT molecular complexity index is 1210. The van der Waals surface area contributed by atoms with Crippen LogP contribution in [0.1, 0.15) is 39.8 Å². The molecule has 0 bridgehead atoms. The van der Waals surface area contributed by atoms with Gasteiger partial charge >= 0.3 is 5.97 Å². The molecule has 0 amide bonds. The van der Waals surface area contributed by atoms with Gasteiger partial charge < -0.3 is 35.0 Å². The summed E-state index contributed by atoms with van der Waals surface area (Å²) >= 11 is 0. The zero-order valence-corrected chi connectivity index (χ0v) is 16.7. The number of carbonyl (C=O) groups is 1. The van der Waals surface area contributed by atoms with Crippen molar-refractivity contribution in [2.75, 3.05) is 0 Å². The van der Waals surface area contributed by atoms with Crippen molar-refractivity contribution in [3.63, 3.8) is 0 Å². The number of hydrogen-bond acceptors (Lipinski definition) is 8. The lowest BCUT2D eigenvalue weighted by atomic mass is 9.96. The number of phenols is 4. The number of carbonyl (C=O) groups excluding carboxylic acids is 1. The first-order valence-electron chi connectivity index (χ1n) is 9.76. The van der Waals surface area contributed by atoms with Crippen LogP contribution in [-0.4, -0.2) is 31.5 Å². The van der Waals surface area contributed by atoms with Crippen LogP contribution in [0.4, 0.5) is 0 Å². The topological polar surface area (TPSA) is 137 Å². The van der Waals surface area contributed by atoms with Crippen LogP contribution in [0.3, 0.4) is 0 Å². The Labute approximate surface area is 182 Å². The summed E-state index contributed by atoms with van der Waals surface area (Å²) in [7, 11) is 0.